The molecule has 4 heteroatoms. The third kappa shape index (κ3) is 2.44. The summed E-state index contributed by atoms with van der Waals surface area (Å²) in [4.78, 5) is 13.2. The molecule has 1 fully saturated rings. The molecule has 2 unspecified atom stereocenters. The number of amides is 1. The Balaban J connectivity index is 2.57. The van der Waals surface area contributed by atoms with E-state index in [1.165, 1.54) is 4.90 Å². The van der Waals surface area contributed by atoms with Crippen molar-refractivity contribution in [3.05, 3.63) is 0 Å². The van der Waals surface area contributed by atoms with Gasteiger partial charge in [-0.2, -0.15) is 0 Å². The molecule has 0 aromatic carbocycles. The highest BCUT2D eigenvalue weighted by Gasteiger charge is 2.35. The largest absolute Gasteiger partial charge is 0.338 e. The average Bonchev–Trinajstić information content (AvgIpc) is 2.47. The summed E-state index contributed by atoms with van der Waals surface area (Å²) in [7, 11) is 0. The average molecular weight is 201 g/mol. The topological polar surface area (TPSA) is 44.1 Å². The zero-order chi connectivity index (χ0) is 10.9. The van der Waals surface area contributed by atoms with Crippen LogP contribution in [0.4, 0.5) is 4.39 Å². The zero-order valence-electron chi connectivity index (χ0n) is 9.01. The molecule has 1 rings (SSSR count). The van der Waals surface area contributed by atoms with Crippen molar-refractivity contribution in [3.8, 4) is 0 Å². The Bertz CT molecular complexity index is 225. The van der Waals surface area contributed by atoms with Crippen molar-refractivity contribution in [2.24, 2.45) is 5.41 Å². The highest BCUT2D eigenvalue weighted by Crippen LogP contribution is 2.22. The molecule has 1 aliphatic rings. The number of nitrogens with zero attached hydrogens (tertiary/aromatic N) is 1. The molecule has 0 aliphatic carbocycles. The van der Waals surface area contributed by atoms with Gasteiger partial charge in [-0.3, -0.25) is 4.79 Å². The summed E-state index contributed by atoms with van der Waals surface area (Å²) >= 11 is 0. The predicted octanol–water partition coefficient (Wildman–Crippen LogP) is 1.25. The molecule has 1 heterocycles. The summed E-state index contributed by atoms with van der Waals surface area (Å²) in [6.07, 6.45) is -0.478. The quantitative estimate of drug-likeness (QED) is 0.629. The minimum Gasteiger partial charge on any atom is -0.338 e. The van der Waals surface area contributed by atoms with Crippen LogP contribution in [0.1, 0.15) is 27.2 Å². The van der Waals surface area contributed by atoms with E-state index in [-0.39, 0.29) is 17.9 Å². The van der Waals surface area contributed by atoms with Crippen LogP contribution >= 0.6 is 0 Å². The van der Waals surface area contributed by atoms with Crippen LogP contribution < -0.4 is 5.73 Å². The molecule has 14 heavy (non-hydrogen) atoms. The molecule has 2 atom stereocenters. The molecule has 0 spiro atoms. The van der Waals surface area contributed by atoms with Gasteiger partial charge in [0.05, 0.1) is 6.54 Å². The van der Waals surface area contributed by atoms with Gasteiger partial charge in [0.1, 0.15) is 12.2 Å². The first kappa shape index (κ1) is 11.4. The lowest BCUT2D eigenvalue weighted by molar-refractivity contribution is -0.134. The second kappa shape index (κ2) is 3.85. The number of halogens is 1. The Morgan fingerprint density at radius 2 is 2.14 bits per heavy atom. The highest BCUT2D eigenvalue weighted by molar-refractivity contribution is 5.82. The second-order valence-electron chi connectivity index (χ2n) is 4.97. The molecule has 1 N–H and O–H groups in total. The number of hydrogen-bond donors (Lipinski definition) is 0. The third-order valence-corrected chi connectivity index (χ3v) is 2.56. The van der Waals surface area contributed by atoms with E-state index in [1.54, 1.807) is 0 Å². The molecule has 0 saturated carbocycles. The monoisotopic (exact) mass is 201 g/mol. The van der Waals surface area contributed by atoms with Gasteiger partial charge < -0.3 is 4.90 Å². The lowest BCUT2D eigenvalue weighted by Crippen LogP contribution is -2.45. The molecular weight excluding hydrogens is 183 g/mol. The minimum absolute atomic E-state index is 0.171. The van der Waals surface area contributed by atoms with E-state index in [4.69, 9.17) is 5.73 Å². The van der Waals surface area contributed by atoms with Gasteiger partial charge in [0.25, 0.3) is 0 Å². The Morgan fingerprint density at radius 3 is 2.50 bits per heavy atom. The number of carbonyl (C=O) groups excluding carboxylic acids is 1. The molecule has 1 radical (unpaired) electrons. The summed E-state index contributed by atoms with van der Waals surface area (Å²) in [5.41, 5.74) is 7.38. The molecule has 3 nitrogen and oxygen atoms in total. The molecule has 1 amide bonds. The summed E-state index contributed by atoms with van der Waals surface area (Å²) in [6.45, 7) is 6.19. The van der Waals surface area contributed by atoms with Crippen LogP contribution in [0.25, 0.3) is 0 Å². The summed E-state index contributed by atoms with van der Waals surface area (Å²) in [5.74, 6) is -0.238. The third-order valence-electron chi connectivity index (χ3n) is 2.56. The van der Waals surface area contributed by atoms with Crippen molar-refractivity contribution < 1.29 is 9.18 Å². The van der Waals surface area contributed by atoms with E-state index >= 15 is 0 Å². The van der Waals surface area contributed by atoms with Crippen molar-refractivity contribution in [2.75, 3.05) is 13.1 Å². The van der Waals surface area contributed by atoms with E-state index in [1.807, 2.05) is 20.8 Å². The SMILES string of the molecule is CC(C)(C)C([NH])C(=O)N1CCC(F)C1. The fourth-order valence-electron chi connectivity index (χ4n) is 1.47. The van der Waals surface area contributed by atoms with E-state index in [0.29, 0.717) is 13.0 Å². The lowest BCUT2D eigenvalue weighted by Gasteiger charge is -2.28. The minimum atomic E-state index is -0.897. The highest BCUT2D eigenvalue weighted by atomic mass is 19.1. The van der Waals surface area contributed by atoms with Crippen molar-refractivity contribution in [2.45, 2.75) is 39.4 Å². The van der Waals surface area contributed by atoms with Crippen LogP contribution in [0.15, 0.2) is 0 Å². The summed E-state index contributed by atoms with van der Waals surface area (Å²) in [5, 5.41) is 0. The number of hydrogen-bond acceptors (Lipinski definition) is 1. The molecule has 0 bridgehead atoms. The van der Waals surface area contributed by atoms with Gasteiger partial charge in [0.15, 0.2) is 0 Å². The molecule has 0 aromatic heterocycles. The van der Waals surface area contributed by atoms with E-state index in [9.17, 15) is 9.18 Å². The van der Waals surface area contributed by atoms with Gasteiger partial charge in [0, 0.05) is 6.54 Å². The maximum Gasteiger partial charge on any atom is 0.241 e. The Kier molecular flexibility index (Phi) is 3.14. The Labute approximate surface area is 84.4 Å². The van der Waals surface area contributed by atoms with Crippen LogP contribution in [0, 0.1) is 5.41 Å². The van der Waals surface area contributed by atoms with E-state index in [2.05, 4.69) is 0 Å². The van der Waals surface area contributed by atoms with Crippen molar-refractivity contribution in [1.29, 1.82) is 0 Å². The van der Waals surface area contributed by atoms with Crippen LogP contribution in [0.5, 0.6) is 0 Å². The smallest absolute Gasteiger partial charge is 0.241 e. The van der Waals surface area contributed by atoms with E-state index in [0.717, 1.165) is 0 Å². The zero-order valence-corrected chi connectivity index (χ0v) is 9.01. The summed E-state index contributed by atoms with van der Waals surface area (Å²) < 4.78 is 12.8. The fraction of sp³-hybridized carbons (Fsp3) is 0.900. The number of carbonyl (C=O) groups is 1. The predicted molar refractivity (Wildman–Crippen MR) is 52.4 cm³/mol. The molecule has 1 aliphatic heterocycles. The fourth-order valence-corrected chi connectivity index (χ4v) is 1.47. The first-order chi connectivity index (χ1) is 6.32. The van der Waals surface area contributed by atoms with Crippen LogP contribution in [0.2, 0.25) is 0 Å². The van der Waals surface area contributed by atoms with Gasteiger partial charge in [0.2, 0.25) is 5.91 Å². The first-order valence-electron chi connectivity index (χ1n) is 4.96. The number of nitrogens with one attached hydrogen (secondary N) is 1. The first-order valence-corrected chi connectivity index (χ1v) is 4.96. The number of likely N-dealkylation sites (tertiary alicyclic amines) is 1. The van der Waals surface area contributed by atoms with Gasteiger partial charge >= 0.3 is 0 Å². The Morgan fingerprint density at radius 1 is 1.57 bits per heavy atom. The second-order valence-corrected chi connectivity index (χ2v) is 4.97. The molecule has 0 aromatic rings. The Hall–Kier alpha value is -0.640. The van der Waals surface area contributed by atoms with Gasteiger partial charge in [-0.15, -0.1) is 0 Å². The van der Waals surface area contributed by atoms with Gasteiger partial charge in [-0.1, -0.05) is 20.8 Å². The molecular formula is C10H18FN2O. The number of alkyl halides is 1. The van der Waals surface area contributed by atoms with Crippen LogP contribution in [-0.4, -0.2) is 36.1 Å². The normalized spacial score (nSPS) is 25.2. The van der Waals surface area contributed by atoms with Crippen molar-refractivity contribution >= 4 is 5.91 Å². The van der Waals surface area contributed by atoms with Crippen molar-refractivity contribution in [3.63, 3.8) is 0 Å². The summed E-state index contributed by atoms with van der Waals surface area (Å²) in [6, 6.07) is -0.784. The van der Waals surface area contributed by atoms with Gasteiger partial charge in [-0.05, 0) is 11.8 Å². The molecule has 81 valence electrons. The van der Waals surface area contributed by atoms with Crippen LogP contribution in [-0.2, 0) is 4.79 Å². The maximum atomic E-state index is 12.8. The van der Waals surface area contributed by atoms with Crippen molar-refractivity contribution in [1.82, 2.24) is 10.6 Å². The lowest BCUT2D eigenvalue weighted by atomic mass is 9.86. The molecule has 1 saturated heterocycles. The van der Waals surface area contributed by atoms with E-state index < -0.39 is 12.2 Å². The maximum absolute atomic E-state index is 12.8. The standard InChI is InChI=1S/C10H18FN2O/c1-10(2,3)8(12)9(14)13-5-4-7(11)6-13/h7-8,12H,4-6H2,1-3H3. The van der Waals surface area contributed by atoms with Crippen LogP contribution in [0.3, 0.4) is 0 Å². The van der Waals surface area contributed by atoms with Gasteiger partial charge in [-0.25, -0.2) is 10.1 Å². The number of rotatable bonds is 1.